The van der Waals surface area contributed by atoms with Crippen LogP contribution in [0.3, 0.4) is 0 Å². The van der Waals surface area contributed by atoms with E-state index < -0.39 is 12.0 Å². The summed E-state index contributed by atoms with van der Waals surface area (Å²) in [4.78, 5) is 50.8. The Morgan fingerprint density at radius 1 is 1.08 bits per heavy atom. The quantitative estimate of drug-likeness (QED) is 0.674. The van der Waals surface area contributed by atoms with E-state index in [-0.39, 0.29) is 41.3 Å². The van der Waals surface area contributed by atoms with Crippen LogP contribution in [0.25, 0.3) is 0 Å². The van der Waals surface area contributed by atoms with Crippen LogP contribution in [0.4, 0.5) is 0 Å². The van der Waals surface area contributed by atoms with E-state index >= 15 is 0 Å². The molecule has 132 valence electrons. The summed E-state index contributed by atoms with van der Waals surface area (Å²) in [6.45, 7) is 1.12. The lowest BCUT2D eigenvalue weighted by molar-refractivity contribution is -0.162. The lowest BCUT2D eigenvalue weighted by atomic mass is 9.92. The summed E-state index contributed by atoms with van der Waals surface area (Å²) in [6.07, 6.45) is 2.67. The van der Waals surface area contributed by atoms with Gasteiger partial charge in [0.15, 0.2) is 0 Å². The molecule has 3 saturated heterocycles. The maximum Gasteiger partial charge on any atom is 0.313 e. The smallest absolute Gasteiger partial charge is 0.313 e. The van der Waals surface area contributed by atoms with Crippen LogP contribution in [0.15, 0.2) is 0 Å². The number of carbonyl (C=O) groups is 4. The van der Waals surface area contributed by atoms with Crippen LogP contribution in [0.5, 0.6) is 0 Å². The zero-order valence-corrected chi connectivity index (χ0v) is 14.1. The van der Waals surface area contributed by atoms with E-state index in [9.17, 15) is 19.2 Å². The zero-order valence-electron chi connectivity index (χ0n) is 13.3. The lowest BCUT2D eigenvalue weighted by Crippen LogP contribution is -2.66. The molecule has 0 aromatic rings. The number of nitrogens with zero attached hydrogens (tertiary/aromatic N) is 2. The predicted octanol–water partition coefficient (Wildman–Crippen LogP) is -0.715. The number of fused-ring (bicyclic) bond motifs is 2. The van der Waals surface area contributed by atoms with Crippen molar-refractivity contribution in [2.24, 2.45) is 0 Å². The van der Waals surface area contributed by atoms with Gasteiger partial charge in [-0.05, 0) is 25.7 Å². The van der Waals surface area contributed by atoms with Crippen molar-refractivity contribution >= 4 is 35.5 Å². The zero-order chi connectivity index (χ0) is 17.3. The van der Waals surface area contributed by atoms with Crippen molar-refractivity contribution in [3.8, 4) is 0 Å². The van der Waals surface area contributed by atoms with Crippen molar-refractivity contribution in [2.75, 3.05) is 24.6 Å². The van der Waals surface area contributed by atoms with Crippen LogP contribution in [0, 0.1) is 0 Å². The molecular formula is C15H21N3O5S. The molecule has 2 N–H and O–H groups in total. The number of rotatable bonds is 5. The first kappa shape index (κ1) is 17.1. The molecule has 3 aliphatic rings. The molecule has 0 radical (unpaired) electrons. The maximum absolute atomic E-state index is 12.6. The standard InChI is InChI=1S/C15H21N3O5S/c19-12(7-24-8-13(20)21)16-9-3-5-18-11(6-9)15(23)17-4-1-2-10(17)14(18)22/h9-11H,1-8H2,(H,16,19)(H,20,21). The van der Waals surface area contributed by atoms with E-state index in [1.54, 1.807) is 9.80 Å². The first-order valence-corrected chi connectivity index (χ1v) is 9.32. The number of hydrogen-bond donors (Lipinski definition) is 2. The number of piperazine rings is 1. The minimum absolute atomic E-state index is 0.00342. The van der Waals surface area contributed by atoms with Crippen molar-refractivity contribution in [1.29, 1.82) is 0 Å². The van der Waals surface area contributed by atoms with Gasteiger partial charge in [0, 0.05) is 19.1 Å². The summed E-state index contributed by atoms with van der Waals surface area (Å²) in [6, 6.07) is -0.912. The number of carboxylic acids is 1. The summed E-state index contributed by atoms with van der Waals surface area (Å²) in [5, 5.41) is 11.4. The first-order chi connectivity index (χ1) is 11.5. The molecule has 0 bridgehead atoms. The van der Waals surface area contributed by atoms with Gasteiger partial charge in [0.1, 0.15) is 12.1 Å². The molecule has 3 heterocycles. The molecule has 3 amide bonds. The van der Waals surface area contributed by atoms with Crippen LogP contribution in [0.2, 0.25) is 0 Å². The molecule has 0 aromatic heterocycles. The van der Waals surface area contributed by atoms with Crippen molar-refractivity contribution in [3.05, 3.63) is 0 Å². The molecule has 24 heavy (non-hydrogen) atoms. The normalized spacial score (nSPS) is 29.2. The molecule has 3 fully saturated rings. The average Bonchev–Trinajstić information content (AvgIpc) is 3.02. The van der Waals surface area contributed by atoms with Crippen molar-refractivity contribution in [2.45, 2.75) is 43.8 Å². The number of thioether (sulfide) groups is 1. The SMILES string of the molecule is O=C(O)CSCC(=O)NC1CCN2C(=O)C3CCCN3C(=O)C2C1. The number of amides is 3. The number of nitrogens with one attached hydrogen (secondary N) is 1. The summed E-state index contributed by atoms with van der Waals surface area (Å²) >= 11 is 1.04. The van der Waals surface area contributed by atoms with Gasteiger partial charge in [0.05, 0.1) is 11.5 Å². The van der Waals surface area contributed by atoms with Gasteiger partial charge in [0.25, 0.3) is 0 Å². The molecule has 9 heteroatoms. The average molecular weight is 355 g/mol. The van der Waals surface area contributed by atoms with Gasteiger partial charge in [-0.15, -0.1) is 11.8 Å². The molecule has 3 aliphatic heterocycles. The largest absolute Gasteiger partial charge is 0.481 e. The minimum Gasteiger partial charge on any atom is -0.481 e. The number of carbonyl (C=O) groups excluding carboxylic acids is 3. The number of aliphatic carboxylic acids is 1. The summed E-state index contributed by atoms with van der Waals surface area (Å²) < 4.78 is 0. The van der Waals surface area contributed by atoms with Gasteiger partial charge < -0.3 is 20.2 Å². The Labute approximate surface area is 143 Å². The van der Waals surface area contributed by atoms with Gasteiger partial charge in [0.2, 0.25) is 17.7 Å². The Hall–Kier alpha value is -1.77. The van der Waals surface area contributed by atoms with Crippen molar-refractivity contribution in [3.63, 3.8) is 0 Å². The van der Waals surface area contributed by atoms with Crippen LogP contribution in [-0.4, -0.2) is 81.3 Å². The highest BCUT2D eigenvalue weighted by atomic mass is 32.2. The monoisotopic (exact) mass is 355 g/mol. The second-order valence-corrected chi connectivity index (χ2v) is 7.40. The molecule has 8 nitrogen and oxygen atoms in total. The Balaban J connectivity index is 1.55. The minimum atomic E-state index is -0.951. The molecule has 0 spiro atoms. The summed E-state index contributed by atoms with van der Waals surface area (Å²) in [7, 11) is 0. The van der Waals surface area contributed by atoms with E-state index in [4.69, 9.17) is 5.11 Å². The van der Waals surface area contributed by atoms with Crippen LogP contribution in [-0.2, 0) is 19.2 Å². The van der Waals surface area contributed by atoms with Crippen LogP contribution >= 0.6 is 11.8 Å². The lowest BCUT2D eigenvalue weighted by Gasteiger charge is -2.46. The highest BCUT2D eigenvalue weighted by Gasteiger charge is 2.49. The first-order valence-electron chi connectivity index (χ1n) is 8.17. The van der Waals surface area contributed by atoms with E-state index in [2.05, 4.69) is 5.32 Å². The fourth-order valence-corrected chi connectivity index (χ4v) is 4.31. The number of piperidine rings is 1. The molecular weight excluding hydrogens is 334 g/mol. The molecule has 3 rings (SSSR count). The third-order valence-corrected chi connectivity index (χ3v) is 5.73. The van der Waals surface area contributed by atoms with Gasteiger partial charge in [-0.3, -0.25) is 19.2 Å². The van der Waals surface area contributed by atoms with E-state index in [0.717, 1.165) is 24.6 Å². The second kappa shape index (κ2) is 7.00. The van der Waals surface area contributed by atoms with Gasteiger partial charge >= 0.3 is 5.97 Å². The van der Waals surface area contributed by atoms with Crippen molar-refractivity contribution < 1.29 is 24.3 Å². The van der Waals surface area contributed by atoms with Crippen LogP contribution < -0.4 is 5.32 Å². The molecule has 3 unspecified atom stereocenters. The molecule has 0 aliphatic carbocycles. The Morgan fingerprint density at radius 2 is 1.79 bits per heavy atom. The fourth-order valence-electron chi connectivity index (χ4n) is 3.76. The van der Waals surface area contributed by atoms with E-state index in [1.807, 2.05) is 0 Å². The Kier molecular flexibility index (Phi) is 4.98. The highest BCUT2D eigenvalue weighted by molar-refractivity contribution is 8.00. The van der Waals surface area contributed by atoms with Gasteiger partial charge in [-0.2, -0.15) is 0 Å². The van der Waals surface area contributed by atoms with Crippen molar-refractivity contribution in [1.82, 2.24) is 15.1 Å². The topological polar surface area (TPSA) is 107 Å². The number of carboxylic acid groups (broad SMARTS) is 1. The maximum atomic E-state index is 12.6. The Morgan fingerprint density at radius 3 is 2.54 bits per heavy atom. The van der Waals surface area contributed by atoms with E-state index in [1.165, 1.54) is 0 Å². The predicted molar refractivity (Wildman–Crippen MR) is 86.4 cm³/mol. The molecule has 0 aromatic carbocycles. The molecule has 3 atom stereocenters. The third-order valence-electron chi connectivity index (χ3n) is 4.82. The number of hydrogen-bond acceptors (Lipinski definition) is 5. The van der Waals surface area contributed by atoms with E-state index in [0.29, 0.717) is 25.9 Å². The van der Waals surface area contributed by atoms with Gasteiger partial charge in [-0.25, -0.2) is 0 Å². The fraction of sp³-hybridized carbons (Fsp3) is 0.733. The Bertz CT molecular complexity index is 569. The van der Waals surface area contributed by atoms with Crippen LogP contribution in [0.1, 0.15) is 25.7 Å². The summed E-state index contributed by atoms with van der Waals surface area (Å²) in [5.41, 5.74) is 0. The highest BCUT2D eigenvalue weighted by Crippen LogP contribution is 2.31. The van der Waals surface area contributed by atoms with Gasteiger partial charge in [-0.1, -0.05) is 0 Å². The summed E-state index contributed by atoms with van der Waals surface area (Å²) in [5.74, 6) is -1.17. The molecule has 0 saturated carbocycles. The second-order valence-electron chi connectivity index (χ2n) is 6.41. The third kappa shape index (κ3) is 3.35.